The number of rotatable bonds is 2. The molecule has 1 aromatic heterocycles. The fourth-order valence-corrected chi connectivity index (χ4v) is 2.44. The van der Waals surface area contributed by atoms with Crippen LogP contribution < -0.4 is 10.3 Å². The van der Waals surface area contributed by atoms with Crippen LogP contribution in [0.1, 0.15) is 15.9 Å². The molecule has 0 unspecified atom stereocenters. The van der Waals surface area contributed by atoms with Crippen molar-refractivity contribution in [3.8, 4) is 0 Å². The van der Waals surface area contributed by atoms with Gasteiger partial charge in [0.2, 0.25) is 5.43 Å². The Labute approximate surface area is 128 Å². The number of benzene rings is 2. The molecule has 3 aromatic rings. The molecule has 1 N–H and O–H groups in total. The molecule has 0 radical (unpaired) electrons. The zero-order valence-corrected chi connectivity index (χ0v) is 12.5. The van der Waals surface area contributed by atoms with Gasteiger partial charge < -0.3 is 9.88 Å². The minimum Gasteiger partial charge on any atom is -0.360 e. The van der Waals surface area contributed by atoms with E-state index < -0.39 is 0 Å². The van der Waals surface area contributed by atoms with Crippen LogP contribution in [0, 0.1) is 6.92 Å². The Morgan fingerprint density at radius 2 is 1.82 bits per heavy atom. The topological polar surface area (TPSA) is 53.2 Å². The second kappa shape index (κ2) is 5.48. The number of carbonyl (C=O) groups excluding carboxylic acids is 1. The van der Waals surface area contributed by atoms with Crippen LogP contribution in [0.5, 0.6) is 0 Å². The lowest BCUT2D eigenvalue weighted by molar-refractivity contribution is 0.0992. The third-order valence-corrected chi connectivity index (χ3v) is 3.71. The number of fused-ring (bicyclic) bond motifs is 1. The lowest BCUT2D eigenvalue weighted by Crippen LogP contribution is -2.31. The highest BCUT2D eigenvalue weighted by Gasteiger charge is 2.18. The number of amides is 1. The van der Waals surface area contributed by atoms with E-state index in [9.17, 15) is 9.59 Å². The molecule has 0 spiro atoms. The molecular weight excluding hydrogens is 276 g/mol. The first-order chi connectivity index (χ1) is 10.6. The number of anilines is 1. The van der Waals surface area contributed by atoms with E-state index >= 15 is 0 Å². The Morgan fingerprint density at radius 3 is 2.55 bits per heavy atom. The highest BCUT2D eigenvalue weighted by molar-refractivity contribution is 6.07. The number of aromatic amines is 1. The van der Waals surface area contributed by atoms with Gasteiger partial charge in [-0.25, -0.2) is 0 Å². The fraction of sp³-hybridized carbons (Fsp3) is 0.111. The van der Waals surface area contributed by atoms with Crippen molar-refractivity contribution < 1.29 is 4.79 Å². The minimum absolute atomic E-state index is 0.143. The van der Waals surface area contributed by atoms with Gasteiger partial charge in [0.15, 0.2) is 0 Å². The number of nitrogens with one attached hydrogen (secondary N) is 1. The third-order valence-electron chi connectivity index (χ3n) is 3.71. The van der Waals surface area contributed by atoms with Gasteiger partial charge in [0.1, 0.15) is 5.56 Å². The van der Waals surface area contributed by atoms with Gasteiger partial charge in [-0.1, -0.05) is 29.8 Å². The summed E-state index contributed by atoms with van der Waals surface area (Å²) >= 11 is 0. The second-order valence-electron chi connectivity index (χ2n) is 5.28. The summed E-state index contributed by atoms with van der Waals surface area (Å²) in [5.41, 5.74) is 2.36. The number of hydrogen-bond acceptors (Lipinski definition) is 2. The first-order valence-electron chi connectivity index (χ1n) is 7.03. The van der Waals surface area contributed by atoms with Crippen LogP contribution in [-0.4, -0.2) is 17.9 Å². The van der Waals surface area contributed by atoms with Crippen molar-refractivity contribution in [3.05, 3.63) is 76.1 Å². The van der Waals surface area contributed by atoms with E-state index in [0.29, 0.717) is 5.39 Å². The molecule has 0 aliphatic rings. The number of aryl methyl sites for hydroxylation is 1. The van der Waals surface area contributed by atoms with E-state index in [1.54, 1.807) is 13.1 Å². The van der Waals surface area contributed by atoms with E-state index in [1.165, 1.54) is 11.1 Å². The number of carbonyl (C=O) groups is 1. The third kappa shape index (κ3) is 2.39. The summed E-state index contributed by atoms with van der Waals surface area (Å²) in [6.07, 6.45) is 1.49. The van der Waals surface area contributed by atoms with Gasteiger partial charge >= 0.3 is 0 Å². The van der Waals surface area contributed by atoms with E-state index in [1.807, 2.05) is 49.4 Å². The zero-order valence-electron chi connectivity index (χ0n) is 12.5. The van der Waals surface area contributed by atoms with Gasteiger partial charge in [-0.2, -0.15) is 0 Å². The minimum atomic E-state index is -0.323. The van der Waals surface area contributed by atoms with Crippen LogP contribution in [0.4, 0.5) is 5.69 Å². The molecule has 0 fully saturated rings. The predicted molar refractivity (Wildman–Crippen MR) is 88.5 cm³/mol. The molecule has 4 nitrogen and oxygen atoms in total. The van der Waals surface area contributed by atoms with Crippen LogP contribution in [0.3, 0.4) is 0 Å². The zero-order chi connectivity index (χ0) is 15.7. The molecule has 1 heterocycles. The Balaban J connectivity index is 2.08. The van der Waals surface area contributed by atoms with E-state index in [4.69, 9.17) is 0 Å². The van der Waals surface area contributed by atoms with Crippen LogP contribution in [0.25, 0.3) is 10.9 Å². The molecule has 110 valence electrons. The molecular formula is C18H16N2O2. The highest BCUT2D eigenvalue weighted by Crippen LogP contribution is 2.15. The van der Waals surface area contributed by atoms with Crippen molar-refractivity contribution in [2.24, 2.45) is 0 Å². The van der Waals surface area contributed by atoms with Crippen LogP contribution in [0.15, 0.2) is 59.5 Å². The number of H-pyrrole nitrogens is 1. The SMILES string of the molecule is Cc1ccc2[nH]cc(C(=O)N(C)c3ccccc3)c(=O)c2c1. The Morgan fingerprint density at radius 1 is 1.09 bits per heavy atom. The number of hydrogen-bond donors (Lipinski definition) is 1. The highest BCUT2D eigenvalue weighted by atomic mass is 16.2. The standard InChI is InChI=1S/C18H16N2O2/c1-12-8-9-16-14(10-12)17(21)15(11-19-16)18(22)20(2)13-6-4-3-5-7-13/h3-11H,1-2H3,(H,19,21). The van der Waals surface area contributed by atoms with E-state index in [2.05, 4.69) is 4.98 Å². The predicted octanol–water partition coefficient (Wildman–Crippen LogP) is 3.11. The molecule has 0 aliphatic carbocycles. The van der Waals surface area contributed by atoms with Gasteiger partial charge in [-0.15, -0.1) is 0 Å². The Hall–Kier alpha value is -2.88. The van der Waals surface area contributed by atoms with Crippen LogP contribution in [-0.2, 0) is 0 Å². The summed E-state index contributed by atoms with van der Waals surface area (Å²) in [6, 6.07) is 14.8. The smallest absolute Gasteiger partial charge is 0.263 e. The molecule has 22 heavy (non-hydrogen) atoms. The number of aromatic nitrogens is 1. The molecule has 0 atom stereocenters. The van der Waals surface area contributed by atoms with Crippen molar-refractivity contribution >= 4 is 22.5 Å². The monoisotopic (exact) mass is 292 g/mol. The first-order valence-corrected chi connectivity index (χ1v) is 7.03. The first kappa shape index (κ1) is 14.1. The number of pyridine rings is 1. The lowest BCUT2D eigenvalue weighted by Gasteiger charge is -2.17. The number of para-hydroxylation sites is 1. The molecule has 4 heteroatoms. The average Bonchev–Trinajstić information content (AvgIpc) is 2.55. The normalized spacial score (nSPS) is 10.6. The lowest BCUT2D eigenvalue weighted by atomic mass is 10.1. The maximum atomic E-state index is 12.6. The van der Waals surface area contributed by atoms with Gasteiger partial charge in [0.05, 0.1) is 0 Å². The van der Waals surface area contributed by atoms with Crippen molar-refractivity contribution in [1.29, 1.82) is 0 Å². The van der Waals surface area contributed by atoms with E-state index in [0.717, 1.165) is 16.8 Å². The number of nitrogens with zero attached hydrogens (tertiary/aromatic N) is 1. The van der Waals surface area contributed by atoms with Gasteiger partial charge in [-0.05, 0) is 31.2 Å². The summed E-state index contributed by atoms with van der Waals surface area (Å²) in [7, 11) is 1.66. The second-order valence-corrected chi connectivity index (χ2v) is 5.28. The summed E-state index contributed by atoms with van der Waals surface area (Å²) in [4.78, 5) is 29.7. The van der Waals surface area contributed by atoms with Crippen LogP contribution in [0.2, 0.25) is 0 Å². The summed E-state index contributed by atoms with van der Waals surface area (Å²) < 4.78 is 0. The molecule has 2 aromatic carbocycles. The van der Waals surface area contributed by atoms with Crippen molar-refractivity contribution in [3.63, 3.8) is 0 Å². The maximum Gasteiger partial charge on any atom is 0.263 e. The van der Waals surface area contributed by atoms with Crippen molar-refractivity contribution in [2.75, 3.05) is 11.9 Å². The van der Waals surface area contributed by atoms with Crippen molar-refractivity contribution in [2.45, 2.75) is 6.92 Å². The Kier molecular flexibility index (Phi) is 3.51. The van der Waals surface area contributed by atoms with E-state index in [-0.39, 0.29) is 16.9 Å². The molecule has 0 aliphatic heterocycles. The summed E-state index contributed by atoms with van der Waals surface area (Å²) in [5, 5.41) is 0.535. The Bertz CT molecular complexity index is 898. The largest absolute Gasteiger partial charge is 0.360 e. The summed E-state index contributed by atoms with van der Waals surface area (Å²) in [5.74, 6) is -0.323. The average molecular weight is 292 g/mol. The molecule has 0 saturated carbocycles. The fourth-order valence-electron chi connectivity index (χ4n) is 2.44. The van der Waals surface area contributed by atoms with Gasteiger partial charge in [0, 0.05) is 29.8 Å². The van der Waals surface area contributed by atoms with Crippen molar-refractivity contribution in [1.82, 2.24) is 4.98 Å². The summed E-state index contributed by atoms with van der Waals surface area (Å²) in [6.45, 7) is 1.92. The quantitative estimate of drug-likeness (QED) is 0.789. The molecule has 0 bridgehead atoms. The van der Waals surface area contributed by atoms with Gasteiger partial charge in [-0.3, -0.25) is 9.59 Å². The molecule has 3 rings (SSSR count). The molecule has 1 amide bonds. The van der Waals surface area contributed by atoms with Gasteiger partial charge in [0.25, 0.3) is 5.91 Å². The van der Waals surface area contributed by atoms with Crippen LogP contribution >= 0.6 is 0 Å². The molecule has 0 saturated heterocycles. The maximum absolute atomic E-state index is 12.6.